The standard InChI is InChI=1S/C19H23NO5/c1-13-6-4-5-7-16(13)25-12-19(22)20-11-15(21)14-8-9-17(23-2)18(10-14)24-3/h4-10,15,21H,11-12H2,1-3H3,(H,20,22)/t15-/m0/s1. The van der Waals surface area contributed by atoms with Crippen molar-refractivity contribution in [2.75, 3.05) is 27.4 Å². The summed E-state index contributed by atoms with van der Waals surface area (Å²) in [5, 5.41) is 12.9. The highest BCUT2D eigenvalue weighted by Gasteiger charge is 2.13. The number of ether oxygens (including phenoxy) is 3. The van der Waals surface area contributed by atoms with E-state index in [9.17, 15) is 9.90 Å². The van der Waals surface area contributed by atoms with Crippen LogP contribution in [-0.4, -0.2) is 38.4 Å². The predicted molar refractivity (Wildman–Crippen MR) is 94.2 cm³/mol. The summed E-state index contributed by atoms with van der Waals surface area (Å²) < 4.78 is 15.8. The molecule has 0 saturated carbocycles. The van der Waals surface area contributed by atoms with Crippen molar-refractivity contribution in [3.05, 3.63) is 53.6 Å². The molecule has 6 nitrogen and oxygen atoms in total. The van der Waals surface area contributed by atoms with Crippen LogP contribution in [0.5, 0.6) is 17.2 Å². The highest BCUT2D eigenvalue weighted by Crippen LogP contribution is 2.29. The molecule has 0 fully saturated rings. The van der Waals surface area contributed by atoms with Crippen LogP contribution in [0.1, 0.15) is 17.2 Å². The molecule has 0 saturated heterocycles. The Morgan fingerprint density at radius 1 is 1.08 bits per heavy atom. The zero-order chi connectivity index (χ0) is 18.2. The van der Waals surface area contributed by atoms with Crippen LogP contribution in [0, 0.1) is 6.92 Å². The Labute approximate surface area is 147 Å². The minimum absolute atomic E-state index is 0.0748. The van der Waals surface area contributed by atoms with E-state index >= 15 is 0 Å². The Kier molecular flexibility index (Phi) is 6.65. The van der Waals surface area contributed by atoms with Gasteiger partial charge < -0.3 is 24.6 Å². The Bertz CT molecular complexity index is 717. The van der Waals surface area contributed by atoms with E-state index in [1.165, 1.54) is 7.11 Å². The molecule has 0 spiro atoms. The van der Waals surface area contributed by atoms with Crippen molar-refractivity contribution >= 4 is 5.91 Å². The first kappa shape index (κ1) is 18.6. The lowest BCUT2D eigenvalue weighted by atomic mass is 10.1. The van der Waals surface area contributed by atoms with Gasteiger partial charge in [-0.2, -0.15) is 0 Å². The summed E-state index contributed by atoms with van der Waals surface area (Å²) in [6, 6.07) is 12.6. The number of para-hydroxylation sites is 1. The molecule has 0 aromatic heterocycles. The van der Waals surface area contributed by atoms with E-state index in [1.807, 2.05) is 25.1 Å². The molecule has 0 aliphatic heterocycles. The van der Waals surface area contributed by atoms with E-state index < -0.39 is 6.10 Å². The van der Waals surface area contributed by atoms with Gasteiger partial charge in [0, 0.05) is 6.54 Å². The van der Waals surface area contributed by atoms with Gasteiger partial charge in [-0.25, -0.2) is 0 Å². The van der Waals surface area contributed by atoms with Gasteiger partial charge in [0.05, 0.1) is 20.3 Å². The minimum atomic E-state index is -0.859. The van der Waals surface area contributed by atoms with Crippen LogP contribution in [0.3, 0.4) is 0 Å². The van der Waals surface area contributed by atoms with Crippen LogP contribution in [0.25, 0.3) is 0 Å². The molecule has 0 aliphatic carbocycles. The summed E-state index contributed by atoms with van der Waals surface area (Å²) in [6.45, 7) is 1.88. The van der Waals surface area contributed by atoms with E-state index in [0.29, 0.717) is 22.8 Å². The average Bonchev–Trinajstić information content (AvgIpc) is 2.64. The van der Waals surface area contributed by atoms with Gasteiger partial charge in [0.1, 0.15) is 5.75 Å². The Morgan fingerprint density at radius 3 is 2.48 bits per heavy atom. The number of carbonyl (C=O) groups excluding carboxylic acids is 1. The molecule has 25 heavy (non-hydrogen) atoms. The molecule has 2 aromatic carbocycles. The fraction of sp³-hybridized carbons (Fsp3) is 0.316. The molecule has 2 rings (SSSR count). The molecule has 0 aliphatic rings. The second kappa shape index (κ2) is 8.94. The van der Waals surface area contributed by atoms with Crippen LogP contribution in [0.15, 0.2) is 42.5 Å². The first-order valence-corrected chi connectivity index (χ1v) is 7.90. The molecule has 6 heteroatoms. The number of nitrogens with one attached hydrogen (secondary N) is 1. The fourth-order valence-corrected chi connectivity index (χ4v) is 2.30. The summed E-state index contributed by atoms with van der Waals surface area (Å²) in [7, 11) is 3.07. The molecule has 2 aromatic rings. The molecule has 0 unspecified atom stereocenters. The Hall–Kier alpha value is -2.73. The molecule has 0 heterocycles. The van der Waals surface area contributed by atoms with Crippen molar-refractivity contribution in [1.29, 1.82) is 0 Å². The SMILES string of the molecule is COc1ccc([C@@H](O)CNC(=O)COc2ccccc2C)cc1OC. The van der Waals surface area contributed by atoms with E-state index in [4.69, 9.17) is 14.2 Å². The van der Waals surface area contributed by atoms with Crippen molar-refractivity contribution < 1.29 is 24.1 Å². The van der Waals surface area contributed by atoms with Crippen LogP contribution in [0.4, 0.5) is 0 Å². The number of hydrogen-bond acceptors (Lipinski definition) is 5. The number of aliphatic hydroxyl groups excluding tert-OH is 1. The maximum atomic E-state index is 11.9. The predicted octanol–water partition coefficient (Wildman–Crippen LogP) is 2.24. The zero-order valence-corrected chi connectivity index (χ0v) is 14.6. The van der Waals surface area contributed by atoms with Gasteiger partial charge in [-0.3, -0.25) is 4.79 Å². The largest absolute Gasteiger partial charge is 0.493 e. The van der Waals surface area contributed by atoms with Crippen LogP contribution in [-0.2, 0) is 4.79 Å². The number of hydrogen-bond donors (Lipinski definition) is 2. The van der Waals surface area contributed by atoms with Gasteiger partial charge in [-0.1, -0.05) is 24.3 Å². The third-order valence-electron chi connectivity index (χ3n) is 3.74. The van der Waals surface area contributed by atoms with Crippen LogP contribution < -0.4 is 19.5 Å². The zero-order valence-electron chi connectivity index (χ0n) is 14.6. The van der Waals surface area contributed by atoms with Crippen molar-refractivity contribution in [1.82, 2.24) is 5.32 Å². The van der Waals surface area contributed by atoms with Crippen LogP contribution >= 0.6 is 0 Å². The van der Waals surface area contributed by atoms with E-state index in [2.05, 4.69) is 5.32 Å². The van der Waals surface area contributed by atoms with Gasteiger partial charge in [0.15, 0.2) is 18.1 Å². The number of rotatable bonds is 8. The van der Waals surface area contributed by atoms with Crippen molar-refractivity contribution in [2.24, 2.45) is 0 Å². The summed E-state index contributed by atoms with van der Waals surface area (Å²) in [5.41, 5.74) is 1.58. The quantitative estimate of drug-likeness (QED) is 0.767. The van der Waals surface area contributed by atoms with Gasteiger partial charge in [0.2, 0.25) is 0 Å². The Balaban J connectivity index is 1.86. The summed E-state index contributed by atoms with van der Waals surface area (Å²) in [6.07, 6.45) is -0.859. The molecule has 0 radical (unpaired) electrons. The third kappa shape index (κ3) is 5.12. The Morgan fingerprint density at radius 2 is 1.80 bits per heavy atom. The highest BCUT2D eigenvalue weighted by molar-refractivity contribution is 5.77. The topological polar surface area (TPSA) is 77.0 Å². The first-order valence-electron chi connectivity index (χ1n) is 7.90. The van der Waals surface area contributed by atoms with E-state index in [-0.39, 0.29) is 19.1 Å². The second-order valence-corrected chi connectivity index (χ2v) is 5.49. The number of amides is 1. The normalized spacial score (nSPS) is 11.5. The maximum Gasteiger partial charge on any atom is 0.258 e. The number of benzene rings is 2. The number of carbonyl (C=O) groups is 1. The number of aryl methyl sites for hydroxylation is 1. The second-order valence-electron chi connectivity index (χ2n) is 5.49. The molecular formula is C19H23NO5. The van der Waals surface area contributed by atoms with E-state index in [1.54, 1.807) is 31.4 Å². The van der Waals surface area contributed by atoms with Gasteiger partial charge in [0.25, 0.3) is 5.91 Å². The summed E-state index contributed by atoms with van der Waals surface area (Å²) in [4.78, 5) is 11.9. The molecule has 134 valence electrons. The third-order valence-corrected chi connectivity index (χ3v) is 3.74. The van der Waals surface area contributed by atoms with E-state index in [0.717, 1.165) is 5.56 Å². The van der Waals surface area contributed by atoms with Gasteiger partial charge >= 0.3 is 0 Å². The minimum Gasteiger partial charge on any atom is -0.493 e. The lowest BCUT2D eigenvalue weighted by molar-refractivity contribution is -0.123. The van der Waals surface area contributed by atoms with Crippen LogP contribution in [0.2, 0.25) is 0 Å². The number of methoxy groups -OCH3 is 2. The lowest BCUT2D eigenvalue weighted by Gasteiger charge is -2.15. The lowest BCUT2D eigenvalue weighted by Crippen LogP contribution is -2.32. The monoisotopic (exact) mass is 345 g/mol. The van der Waals surface area contributed by atoms with Crippen molar-refractivity contribution in [3.63, 3.8) is 0 Å². The van der Waals surface area contributed by atoms with Gasteiger partial charge in [-0.15, -0.1) is 0 Å². The molecule has 0 bridgehead atoms. The molecule has 1 amide bonds. The summed E-state index contributed by atoms with van der Waals surface area (Å²) >= 11 is 0. The van der Waals surface area contributed by atoms with Gasteiger partial charge in [-0.05, 0) is 36.2 Å². The smallest absolute Gasteiger partial charge is 0.258 e. The first-order chi connectivity index (χ1) is 12.0. The summed E-state index contributed by atoms with van der Waals surface area (Å²) in [5.74, 6) is 1.46. The molecule has 2 N–H and O–H groups in total. The van der Waals surface area contributed by atoms with Crippen molar-refractivity contribution in [3.8, 4) is 17.2 Å². The average molecular weight is 345 g/mol. The van der Waals surface area contributed by atoms with Crippen molar-refractivity contribution in [2.45, 2.75) is 13.0 Å². The number of aliphatic hydroxyl groups is 1. The maximum absolute atomic E-state index is 11.9. The highest BCUT2D eigenvalue weighted by atomic mass is 16.5. The fourth-order valence-electron chi connectivity index (χ4n) is 2.30. The molecular weight excluding hydrogens is 322 g/mol. The molecule has 1 atom stereocenters.